The standard InChI is InChI=1S/C27H25N5O3/c1-18-28-22-17-20(13-14-23(22)31(18)21-11-7-4-8-12-21)24(33)30-32-25(34)27(2,29-26(32)35)16-15-19-9-5-3-6-10-19/h3-14,17H,15-16H2,1-2H3,(H,29,35)(H,30,33)/t27-/m0/s1. The SMILES string of the molecule is Cc1nc2cc(C(=O)NN3C(=O)N[C@@](C)(CCc4ccccc4)C3=O)ccc2n1-c1ccccc1. The maximum Gasteiger partial charge on any atom is 0.344 e. The molecule has 3 aromatic carbocycles. The van der Waals surface area contributed by atoms with Gasteiger partial charge < -0.3 is 5.32 Å². The van der Waals surface area contributed by atoms with Crippen LogP contribution >= 0.6 is 0 Å². The van der Waals surface area contributed by atoms with Gasteiger partial charge in [-0.1, -0.05) is 48.5 Å². The Labute approximate surface area is 202 Å². The second-order valence-electron chi connectivity index (χ2n) is 8.86. The summed E-state index contributed by atoms with van der Waals surface area (Å²) >= 11 is 0. The van der Waals surface area contributed by atoms with E-state index >= 15 is 0 Å². The van der Waals surface area contributed by atoms with E-state index < -0.39 is 23.4 Å². The monoisotopic (exact) mass is 467 g/mol. The largest absolute Gasteiger partial charge is 0.344 e. The summed E-state index contributed by atoms with van der Waals surface area (Å²) in [5.41, 5.74) is 5.20. The van der Waals surface area contributed by atoms with Crippen molar-refractivity contribution in [1.82, 2.24) is 25.3 Å². The number of imidazole rings is 1. The lowest BCUT2D eigenvalue weighted by Gasteiger charge is -2.21. The molecule has 1 aliphatic heterocycles. The Bertz CT molecular complexity index is 1430. The molecule has 2 heterocycles. The molecule has 1 aliphatic rings. The van der Waals surface area contributed by atoms with E-state index in [-0.39, 0.29) is 0 Å². The molecule has 4 amide bonds. The number of hydrazine groups is 1. The van der Waals surface area contributed by atoms with Crippen LogP contribution in [0.3, 0.4) is 0 Å². The van der Waals surface area contributed by atoms with Crippen molar-refractivity contribution in [2.75, 3.05) is 0 Å². The van der Waals surface area contributed by atoms with Gasteiger partial charge in [-0.15, -0.1) is 0 Å². The first-order valence-corrected chi connectivity index (χ1v) is 11.4. The minimum Gasteiger partial charge on any atom is -0.322 e. The lowest BCUT2D eigenvalue weighted by atomic mass is 9.93. The van der Waals surface area contributed by atoms with E-state index in [1.807, 2.05) is 78.2 Å². The van der Waals surface area contributed by atoms with Crippen molar-refractivity contribution < 1.29 is 14.4 Å². The molecular weight excluding hydrogens is 442 g/mol. The summed E-state index contributed by atoms with van der Waals surface area (Å²) in [4.78, 5) is 43.2. The van der Waals surface area contributed by atoms with E-state index in [4.69, 9.17) is 0 Å². The first kappa shape index (κ1) is 22.3. The molecule has 2 N–H and O–H groups in total. The Balaban J connectivity index is 1.33. The smallest absolute Gasteiger partial charge is 0.322 e. The maximum absolute atomic E-state index is 13.1. The molecule has 35 heavy (non-hydrogen) atoms. The van der Waals surface area contributed by atoms with Crippen LogP contribution < -0.4 is 10.7 Å². The second kappa shape index (κ2) is 8.72. The number of benzene rings is 3. The molecule has 4 aromatic rings. The van der Waals surface area contributed by atoms with Crippen molar-refractivity contribution in [2.24, 2.45) is 0 Å². The normalized spacial score (nSPS) is 17.6. The predicted molar refractivity (Wildman–Crippen MR) is 132 cm³/mol. The van der Waals surface area contributed by atoms with Gasteiger partial charge in [0.15, 0.2) is 0 Å². The number of carbonyl (C=O) groups excluding carboxylic acids is 3. The van der Waals surface area contributed by atoms with Crippen molar-refractivity contribution in [3.8, 4) is 5.69 Å². The van der Waals surface area contributed by atoms with Crippen LogP contribution in [0, 0.1) is 6.92 Å². The van der Waals surface area contributed by atoms with Gasteiger partial charge in [-0.05, 0) is 62.6 Å². The number of nitrogens with one attached hydrogen (secondary N) is 2. The molecule has 5 rings (SSSR count). The van der Waals surface area contributed by atoms with E-state index in [1.165, 1.54) is 0 Å². The molecule has 1 aromatic heterocycles. The zero-order chi connectivity index (χ0) is 24.6. The van der Waals surface area contributed by atoms with Gasteiger partial charge in [-0.2, -0.15) is 5.01 Å². The topological polar surface area (TPSA) is 96.3 Å². The summed E-state index contributed by atoms with van der Waals surface area (Å²) < 4.78 is 2.01. The van der Waals surface area contributed by atoms with Crippen molar-refractivity contribution in [3.63, 3.8) is 0 Å². The summed E-state index contributed by atoms with van der Waals surface area (Å²) in [7, 11) is 0. The van der Waals surface area contributed by atoms with Gasteiger partial charge in [0.05, 0.1) is 11.0 Å². The molecule has 0 aliphatic carbocycles. The first-order chi connectivity index (χ1) is 16.9. The maximum atomic E-state index is 13.1. The molecule has 0 unspecified atom stereocenters. The number of imide groups is 1. The van der Waals surface area contributed by atoms with Crippen molar-refractivity contribution >= 4 is 28.9 Å². The molecule has 1 atom stereocenters. The molecule has 0 bridgehead atoms. The highest BCUT2D eigenvalue weighted by atomic mass is 16.2. The van der Waals surface area contributed by atoms with Gasteiger partial charge in [-0.3, -0.25) is 19.6 Å². The number of fused-ring (bicyclic) bond motifs is 1. The molecule has 1 saturated heterocycles. The highest BCUT2D eigenvalue weighted by Crippen LogP contribution is 2.24. The van der Waals surface area contributed by atoms with Gasteiger partial charge in [0.2, 0.25) is 0 Å². The quantitative estimate of drug-likeness (QED) is 0.420. The summed E-state index contributed by atoms with van der Waals surface area (Å²) in [6.45, 7) is 3.57. The second-order valence-corrected chi connectivity index (χ2v) is 8.86. The Hall–Kier alpha value is -4.46. The Morgan fingerprint density at radius 3 is 2.40 bits per heavy atom. The van der Waals surface area contributed by atoms with Crippen molar-refractivity contribution in [3.05, 3.63) is 95.8 Å². The summed E-state index contributed by atoms with van der Waals surface area (Å²) in [6.07, 6.45) is 1.03. The Morgan fingerprint density at radius 2 is 1.69 bits per heavy atom. The fourth-order valence-electron chi connectivity index (χ4n) is 4.41. The van der Waals surface area contributed by atoms with Crippen LogP contribution in [0.1, 0.15) is 35.1 Å². The van der Waals surface area contributed by atoms with Crippen molar-refractivity contribution in [2.45, 2.75) is 32.2 Å². The number of amides is 4. The number of hydrogen-bond acceptors (Lipinski definition) is 4. The van der Waals surface area contributed by atoms with Crippen LogP contribution in [0.25, 0.3) is 16.7 Å². The molecule has 0 radical (unpaired) electrons. The lowest BCUT2D eigenvalue weighted by molar-refractivity contribution is -0.132. The highest BCUT2D eigenvalue weighted by Gasteiger charge is 2.48. The van der Waals surface area contributed by atoms with Crippen LogP contribution in [0.5, 0.6) is 0 Å². The Morgan fingerprint density at radius 1 is 1.00 bits per heavy atom. The van der Waals surface area contributed by atoms with Crippen molar-refractivity contribution in [1.29, 1.82) is 0 Å². The number of rotatable bonds is 6. The molecule has 176 valence electrons. The van der Waals surface area contributed by atoms with Crippen LogP contribution in [-0.4, -0.2) is 37.9 Å². The van der Waals surface area contributed by atoms with E-state index in [2.05, 4.69) is 15.7 Å². The molecule has 8 nitrogen and oxygen atoms in total. The van der Waals surface area contributed by atoms with Crippen LogP contribution in [0.2, 0.25) is 0 Å². The third-order valence-electron chi connectivity index (χ3n) is 6.33. The average molecular weight is 468 g/mol. The van der Waals surface area contributed by atoms with Gasteiger partial charge in [0, 0.05) is 11.3 Å². The number of aryl methyl sites for hydroxylation is 2. The average Bonchev–Trinajstić information content (AvgIpc) is 3.31. The van der Waals surface area contributed by atoms with E-state index in [1.54, 1.807) is 19.1 Å². The minimum absolute atomic E-state index is 0.300. The number of urea groups is 1. The first-order valence-electron chi connectivity index (χ1n) is 11.4. The molecule has 8 heteroatoms. The van der Waals surface area contributed by atoms with Crippen LogP contribution in [0.4, 0.5) is 4.79 Å². The summed E-state index contributed by atoms with van der Waals surface area (Å²) in [5, 5.41) is 3.49. The van der Waals surface area contributed by atoms with Gasteiger partial charge >= 0.3 is 6.03 Å². The molecular formula is C27H25N5O3. The van der Waals surface area contributed by atoms with Gasteiger partial charge in [0.1, 0.15) is 11.4 Å². The van der Waals surface area contributed by atoms with Gasteiger partial charge in [-0.25, -0.2) is 9.78 Å². The molecule has 1 fully saturated rings. The number of carbonyl (C=O) groups is 3. The third kappa shape index (κ3) is 4.14. The van der Waals surface area contributed by atoms with E-state index in [0.29, 0.717) is 23.9 Å². The predicted octanol–water partition coefficient (Wildman–Crippen LogP) is 3.92. The zero-order valence-electron chi connectivity index (χ0n) is 19.5. The highest BCUT2D eigenvalue weighted by molar-refractivity contribution is 6.09. The minimum atomic E-state index is -1.10. The lowest BCUT2D eigenvalue weighted by Crippen LogP contribution is -2.48. The summed E-state index contributed by atoms with van der Waals surface area (Å²) in [5.74, 6) is -0.265. The number of nitrogens with zero attached hydrogens (tertiary/aromatic N) is 3. The molecule has 0 saturated carbocycles. The van der Waals surface area contributed by atoms with E-state index in [0.717, 1.165) is 27.6 Å². The number of aromatic nitrogens is 2. The fraction of sp³-hybridized carbons (Fsp3) is 0.185. The van der Waals surface area contributed by atoms with Crippen LogP contribution in [-0.2, 0) is 11.2 Å². The number of para-hydroxylation sites is 1. The summed E-state index contributed by atoms with van der Waals surface area (Å²) in [6, 6.07) is 24.0. The van der Waals surface area contributed by atoms with E-state index in [9.17, 15) is 14.4 Å². The number of hydrogen-bond donors (Lipinski definition) is 2. The zero-order valence-corrected chi connectivity index (χ0v) is 19.5. The third-order valence-corrected chi connectivity index (χ3v) is 6.33. The molecule has 0 spiro atoms. The van der Waals surface area contributed by atoms with Gasteiger partial charge in [0.25, 0.3) is 11.8 Å². The fourth-order valence-corrected chi connectivity index (χ4v) is 4.41. The van der Waals surface area contributed by atoms with Crippen LogP contribution in [0.15, 0.2) is 78.9 Å². The Kier molecular flexibility index (Phi) is 5.56.